The van der Waals surface area contributed by atoms with Gasteiger partial charge in [0.2, 0.25) is 0 Å². The van der Waals surface area contributed by atoms with Gasteiger partial charge in [-0.05, 0) is 44.8 Å². The van der Waals surface area contributed by atoms with Crippen molar-refractivity contribution >= 4 is 0 Å². The SMILES string of the molecule is CCCNC(c1ccc(C)cc1)C(C)N(C)CC(C)(C)C. The summed E-state index contributed by atoms with van der Waals surface area (Å²) in [6.45, 7) is 15.8. The van der Waals surface area contributed by atoms with Crippen LogP contribution in [0.1, 0.15) is 58.2 Å². The zero-order chi connectivity index (χ0) is 16.0. The van der Waals surface area contributed by atoms with Gasteiger partial charge in [0.15, 0.2) is 0 Å². The van der Waals surface area contributed by atoms with E-state index in [2.05, 4.69) is 83.1 Å². The van der Waals surface area contributed by atoms with Crippen LogP contribution in [0.15, 0.2) is 24.3 Å². The Labute approximate surface area is 131 Å². The molecule has 21 heavy (non-hydrogen) atoms. The summed E-state index contributed by atoms with van der Waals surface area (Å²) in [6.07, 6.45) is 1.16. The number of nitrogens with one attached hydrogen (secondary N) is 1. The first kappa shape index (κ1) is 18.2. The number of aryl methyl sites for hydroxylation is 1. The molecule has 2 nitrogen and oxygen atoms in total. The van der Waals surface area contributed by atoms with Crippen molar-refractivity contribution in [3.8, 4) is 0 Å². The number of nitrogens with zero attached hydrogens (tertiary/aromatic N) is 1. The Morgan fingerprint density at radius 1 is 1.14 bits per heavy atom. The van der Waals surface area contributed by atoms with E-state index in [0.717, 1.165) is 19.5 Å². The van der Waals surface area contributed by atoms with Crippen LogP contribution in [0.4, 0.5) is 0 Å². The lowest BCUT2D eigenvalue weighted by Gasteiger charge is -2.36. The van der Waals surface area contributed by atoms with Gasteiger partial charge in [-0.1, -0.05) is 57.5 Å². The average molecular weight is 290 g/mol. The van der Waals surface area contributed by atoms with Crippen LogP contribution in [0.5, 0.6) is 0 Å². The van der Waals surface area contributed by atoms with E-state index < -0.39 is 0 Å². The molecule has 0 amide bonds. The van der Waals surface area contributed by atoms with E-state index in [-0.39, 0.29) is 0 Å². The summed E-state index contributed by atoms with van der Waals surface area (Å²) >= 11 is 0. The van der Waals surface area contributed by atoms with Crippen molar-refractivity contribution in [2.45, 2.75) is 60.0 Å². The molecule has 0 radical (unpaired) electrons. The molecule has 2 unspecified atom stereocenters. The Morgan fingerprint density at radius 2 is 1.71 bits per heavy atom. The predicted molar refractivity (Wildman–Crippen MR) is 93.8 cm³/mol. The van der Waals surface area contributed by atoms with Gasteiger partial charge >= 0.3 is 0 Å². The maximum atomic E-state index is 3.73. The van der Waals surface area contributed by atoms with Gasteiger partial charge in [0.25, 0.3) is 0 Å². The third-order valence-corrected chi connectivity index (χ3v) is 3.95. The molecule has 1 rings (SSSR count). The van der Waals surface area contributed by atoms with Crippen LogP contribution >= 0.6 is 0 Å². The van der Waals surface area contributed by atoms with Crippen LogP contribution in [-0.2, 0) is 0 Å². The Balaban J connectivity index is 2.88. The van der Waals surface area contributed by atoms with E-state index in [9.17, 15) is 0 Å². The van der Waals surface area contributed by atoms with Gasteiger partial charge in [0.05, 0.1) is 0 Å². The predicted octanol–water partition coefficient (Wildman–Crippen LogP) is 4.40. The maximum absolute atomic E-state index is 3.73. The third kappa shape index (κ3) is 6.19. The molecule has 0 saturated carbocycles. The van der Waals surface area contributed by atoms with E-state index >= 15 is 0 Å². The van der Waals surface area contributed by atoms with Gasteiger partial charge in [-0.2, -0.15) is 0 Å². The second kappa shape index (κ2) is 7.95. The van der Waals surface area contributed by atoms with Crippen LogP contribution in [0.3, 0.4) is 0 Å². The molecule has 1 aromatic carbocycles. The minimum absolute atomic E-state index is 0.325. The van der Waals surface area contributed by atoms with Crippen molar-refractivity contribution in [3.05, 3.63) is 35.4 Å². The lowest BCUT2D eigenvalue weighted by atomic mass is 9.93. The number of rotatable bonds is 7. The Kier molecular flexibility index (Phi) is 6.89. The lowest BCUT2D eigenvalue weighted by molar-refractivity contribution is 0.151. The Bertz CT molecular complexity index is 403. The monoisotopic (exact) mass is 290 g/mol. The first-order valence-electron chi connectivity index (χ1n) is 8.25. The maximum Gasteiger partial charge on any atom is 0.0475 e. The van der Waals surface area contributed by atoms with Crippen molar-refractivity contribution in [2.75, 3.05) is 20.1 Å². The fourth-order valence-corrected chi connectivity index (χ4v) is 2.79. The summed E-state index contributed by atoms with van der Waals surface area (Å²) in [5.74, 6) is 0. The van der Waals surface area contributed by atoms with E-state index in [1.54, 1.807) is 0 Å². The summed E-state index contributed by atoms with van der Waals surface area (Å²) in [6, 6.07) is 9.82. The largest absolute Gasteiger partial charge is 0.309 e. The van der Waals surface area contributed by atoms with Crippen molar-refractivity contribution in [1.82, 2.24) is 10.2 Å². The minimum atomic E-state index is 0.325. The quantitative estimate of drug-likeness (QED) is 0.800. The molecule has 1 N–H and O–H groups in total. The fourth-order valence-electron chi connectivity index (χ4n) is 2.79. The van der Waals surface area contributed by atoms with Crippen molar-refractivity contribution < 1.29 is 0 Å². The zero-order valence-electron chi connectivity index (χ0n) is 15.0. The summed E-state index contributed by atoms with van der Waals surface area (Å²) in [5, 5.41) is 3.73. The topological polar surface area (TPSA) is 15.3 Å². The van der Waals surface area contributed by atoms with Gasteiger partial charge in [0, 0.05) is 18.6 Å². The summed E-state index contributed by atoms with van der Waals surface area (Å²) in [4.78, 5) is 2.48. The summed E-state index contributed by atoms with van der Waals surface area (Å²) < 4.78 is 0. The van der Waals surface area contributed by atoms with E-state index in [1.807, 2.05) is 0 Å². The summed E-state index contributed by atoms with van der Waals surface area (Å²) in [5.41, 5.74) is 3.04. The van der Waals surface area contributed by atoms with Crippen LogP contribution in [0, 0.1) is 12.3 Å². The third-order valence-electron chi connectivity index (χ3n) is 3.95. The van der Waals surface area contributed by atoms with E-state index in [1.165, 1.54) is 11.1 Å². The second-order valence-electron chi connectivity index (χ2n) is 7.56. The molecular weight excluding hydrogens is 256 g/mol. The minimum Gasteiger partial charge on any atom is -0.309 e. The molecule has 0 aliphatic heterocycles. The first-order valence-corrected chi connectivity index (χ1v) is 8.25. The van der Waals surface area contributed by atoms with Gasteiger partial charge in [-0.15, -0.1) is 0 Å². The molecule has 0 aromatic heterocycles. The highest BCUT2D eigenvalue weighted by Gasteiger charge is 2.25. The van der Waals surface area contributed by atoms with Crippen LogP contribution in [0.25, 0.3) is 0 Å². The van der Waals surface area contributed by atoms with Crippen LogP contribution < -0.4 is 5.32 Å². The van der Waals surface area contributed by atoms with Gasteiger partial charge in [-0.3, -0.25) is 0 Å². The molecule has 120 valence electrons. The lowest BCUT2D eigenvalue weighted by Crippen LogP contribution is -2.44. The summed E-state index contributed by atoms with van der Waals surface area (Å²) in [7, 11) is 2.24. The highest BCUT2D eigenvalue weighted by molar-refractivity contribution is 5.25. The van der Waals surface area contributed by atoms with E-state index in [4.69, 9.17) is 0 Å². The van der Waals surface area contributed by atoms with Crippen molar-refractivity contribution in [1.29, 1.82) is 0 Å². The molecular formula is C19H34N2. The molecule has 2 atom stereocenters. The van der Waals surface area contributed by atoms with Gasteiger partial charge < -0.3 is 10.2 Å². The van der Waals surface area contributed by atoms with Crippen molar-refractivity contribution in [3.63, 3.8) is 0 Å². The molecule has 0 aliphatic rings. The first-order chi connectivity index (χ1) is 9.74. The molecule has 0 bridgehead atoms. The number of hydrogen-bond acceptors (Lipinski definition) is 2. The van der Waals surface area contributed by atoms with Crippen LogP contribution in [0.2, 0.25) is 0 Å². The number of benzene rings is 1. The molecule has 0 spiro atoms. The molecule has 1 aromatic rings. The molecule has 0 saturated heterocycles. The highest BCUT2D eigenvalue weighted by Crippen LogP contribution is 2.24. The highest BCUT2D eigenvalue weighted by atomic mass is 15.2. The normalized spacial score (nSPS) is 15.2. The van der Waals surface area contributed by atoms with Crippen molar-refractivity contribution in [2.24, 2.45) is 5.41 Å². The number of likely N-dealkylation sites (N-methyl/N-ethyl adjacent to an activating group) is 1. The molecule has 0 heterocycles. The average Bonchev–Trinajstić information content (AvgIpc) is 2.39. The second-order valence-corrected chi connectivity index (χ2v) is 7.56. The fraction of sp³-hybridized carbons (Fsp3) is 0.684. The molecule has 0 aliphatic carbocycles. The van der Waals surface area contributed by atoms with Gasteiger partial charge in [-0.25, -0.2) is 0 Å². The molecule has 2 heteroatoms. The van der Waals surface area contributed by atoms with E-state index in [0.29, 0.717) is 17.5 Å². The Morgan fingerprint density at radius 3 is 2.19 bits per heavy atom. The number of hydrogen-bond donors (Lipinski definition) is 1. The van der Waals surface area contributed by atoms with Gasteiger partial charge in [0.1, 0.15) is 0 Å². The zero-order valence-corrected chi connectivity index (χ0v) is 15.0. The molecule has 0 fully saturated rings. The smallest absolute Gasteiger partial charge is 0.0475 e. The van der Waals surface area contributed by atoms with Crippen LogP contribution in [-0.4, -0.2) is 31.1 Å². The Hall–Kier alpha value is -0.860. The standard InChI is InChI=1S/C19H34N2/c1-8-13-20-18(17-11-9-15(2)10-12-17)16(3)21(7)14-19(4,5)6/h9-12,16,18,20H,8,13-14H2,1-7H3.